The summed E-state index contributed by atoms with van der Waals surface area (Å²) >= 11 is 3.97. The second kappa shape index (κ2) is 3.30. The third kappa shape index (κ3) is 1.67. The SMILES string of the molecule is CC(C)c1ncn(SS)n1. The van der Waals surface area contributed by atoms with Crippen LogP contribution in [0.25, 0.3) is 0 Å². The quantitative estimate of drug-likeness (QED) is 0.548. The standard InChI is InChI=1S/C5H9N3S2/c1-4(2)5-6-3-8(7-5)10-9/h3-4,9H,1-2H3. The lowest BCUT2D eigenvalue weighted by molar-refractivity contribution is 0.775. The Bertz CT molecular complexity index is 208. The number of nitrogens with zero attached hydrogens (tertiary/aromatic N) is 3. The molecule has 0 fully saturated rings. The molecule has 0 aliphatic rings. The van der Waals surface area contributed by atoms with Gasteiger partial charge in [0.1, 0.15) is 6.33 Å². The Kier molecular flexibility index (Phi) is 2.62. The van der Waals surface area contributed by atoms with Gasteiger partial charge in [-0.2, -0.15) is 4.09 Å². The van der Waals surface area contributed by atoms with Crippen LogP contribution in [0.3, 0.4) is 0 Å². The minimum absolute atomic E-state index is 0.390. The fraction of sp³-hybridized carbons (Fsp3) is 0.600. The summed E-state index contributed by atoms with van der Waals surface area (Å²) in [7, 11) is 1.24. The van der Waals surface area contributed by atoms with Gasteiger partial charge in [0.25, 0.3) is 0 Å². The van der Waals surface area contributed by atoms with Crippen molar-refractivity contribution in [1.82, 2.24) is 14.2 Å². The van der Waals surface area contributed by atoms with E-state index in [2.05, 4.69) is 35.6 Å². The first-order chi connectivity index (χ1) is 4.74. The van der Waals surface area contributed by atoms with E-state index < -0.39 is 0 Å². The van der Waals surface area contributed by atoms with Gasteiger partial charge in [-0.15, -0.1) is 5.10 Å². The number of thiol groups is 1. The van der Waals surface area contributed by atoms with E-state index in [4.69, 9.17) is 0 Å². The zero-order chi connectivity index (χ0) is 7.56. The summed E-state index contributed by atoms with van der Waals surface area (Å²) in [5.41, 5.74) is 0. The van der Waals surface area contributed by atoms with Crippen molar-refractivity contribution >= 4 is 22.6 Å². The summed E-state index contributed by atoms with van der Waals surface area (Å²) in [5, 5.41) is 4.12. The molecule has 1 aromatic rings. The van der Waals surface area contributed by atoms with Crippen molar-refractivity contribution in [1.29, 1.82) is 0 Å². The third-order valence-corrected chi connectivity index (χ3v) is 1.94. The van der Waals surface area contributed by atoms with Gasteiger partial charge in [-0.1, -0.05) is 25.5 Å². The van der Waals surface area contributed by atoms with E-state index in [-0.39, 0.29) is 0 Å². The summed E-state index contributed by atoms with van der Waals surface area (Å²) < 4.78 is 1.62. The minimum Gasteiger partial charge on any atom is -0.219 e. The van der Waals surface area contributed by atoms with Crippen LogP contribution in [0.5, 0.6) is 0 Å². The molecule has 3 nitrogen and oxygen atoms in total. The van der Waals surface area contributed by atoms with Crippen molar-refractivity contribution in [2.75, 3.05) is 0 Å². The molecule has 56 valence electrons. The molecule has 0 N–H and O–H groups in total. The Morgan fingerprint density at radius 1 is 1.70 bits per heavy atom. The molecular formula is C5H9N3S2. The number of aromatic nitrogens is 3. The molecule has 0 aromatic carbocycles. The first-order valence-corrected chi connectivity index (χ1v) is 4.80. The topological polar surface area (TPSA) is 30.7 Å². The molecular weight excluding hydrogens is 166 g/mol. The van der Waals surface area contributed by atoms with Crippen LogP contribution in [0.15, 0.2) is 6.33 Å². The van der Waals surface area contributed by atoms with Crippen molar-refractivity contribution in [3.05, 3.63) is 12.2 Å². The van der Waals surface area contributed by atoms with Crippen molar-refractivity contribution in [2.24, 2.45) is 0 Å². The smallest absolute Gasteiger partial charge is 0.154 e. The van der Waals surface area contributed by atoms with Gasteiger partial charge in [-0.05, 0) is 0 Å². The predicted molar refractivity (Wildman–Crippen MR) is 46.1 cm³/mol. The molecule has 1 heterocycles. The van der Waals surface area contributed by atoms with E-state index in [1.807, 2.05) is 0 Å². The largest absolute Gasteiger partial charge is 0.219 e. The van der Waals surface area contributed by atoms with Crippen LogP contribution in [0.4, 0.5) is 0 Å². The molecule has 0 spiro atoms. The van der Waals surface area contributed by atoms with E-state index in [1.54, 1.807) is 10.4 Å². The zero-order valence-corrected chi connectivity index (χ0v) is 7.56. The fourth-order valence-electron chi connectivity index (χ4n) is 0.565. The fourth-order valence-corrected chi connectivity index (χ4v) is 1.01. The normalized spacial score (nSPS) is 10.8. The van der Waals surface area contributed by atoms with Crippen LogP contribution < -0.4 is 0 Å². The average Bonchev–Trinajstić information content (AvgIpc) is 2.34. The molecule has 0 aliphatic heterocycles. The van der Waals surface area contributed by atoms with Gasteiger partial charge in [-0.3, -0.25) is 0 Å². The number of rotatable bonds is 2. The summed E-state index contributed by atoms with van der Waals surface area (Å²) in [5.74, 6) is 1.25. The molecule has 0 bridgehead atoms. The monoisotopic (exact) mass is 175 g/mol. The molecule has 1 rings (SSSR count). The Labute approximate surface area is 69.2 Å². The molecule has 0 aliphatic carbocycles. The number of hydrogen-bond acceptors (Lipinski definition) is 4. The van der Waals surface area contributed by atoms with Gasteiger partial charge in [0, 0.05) is 16.9 Å². The first kappa shape index (κ1) is 7.94. The maximum atomic E-state index is 4.12. The Morgan fingerprint density at radius 3 is 2.70 bits per heavy atom. The van der Waals surface area contributed by atoms with Crippen LogP contribution in [-0.4, -0.2) is 14.2 Å². The highest BCUT2D eigenvalue weighted by Gasteiger charge is 2.03. The van der Waals surface area contributed by atoms with Crippen LogP contribution >= 0.6 is 22.6 Å². The van der Waals surface area contributed by atoms with Crippen LogP contribution in [0.2, 0.25) is 0 Å². The lowest BCUT2D eigenvalue weighted by atomic mass is 10.2. The van der Waals surface area contributed by atoms with Crippen molar-refractivity contribution in [2.45, 2.75) is 19.8 Å². The van der Waals surface area contributed by atoms with Gasteiger partial charge >= 0.3 is 0 Å². The van der Waals surface area contributed by atoms with E-state index in [0.717, 1.165) is 5.82 Å². The lowest BCUT2D eigenvalue weighted by Crippen LogP contribution is -1.91. The third-order valence-electron chi connectivity index (χ3n) is 1.09. The Balaban J connectivity index is 2.78. The summed E-state index contributed by atoms with van der Waals surface area (Å²) in [6.45, 7) is 4.12. The molecule has 0 unspecified atom stereocenters. The highest BCUT2D eigenvalue weighted by molar-refractivity contribution is 8.67. The first-order valence-electron chi connectivity index (χ1n) is 2.97. The minimum atomic E-state index is 0.390. The zero-order valence-electron chi connectivity index (χ0n) is 5.85. The van der Waals surface area contributed by atoms with Crippen LogP contribution in [0, 0.1) is 0 Å². The van der Waals surface area contributed by atoms with E-state index in [1.165, 1.54) is 11.0 Å². The molecule has 0 saturated heterocycles. The second-order valence-electron chi connectivity index (χ2n) is 2.24. The predicted octanol–water partition coefficient (Wildman–Crippen LogP) is 1.74. The Hall–Kier alpha value is -0.160. The van der Waals surface area contributed by atoms with E-state index >= 15 is 0 Å². The van der Waals surface area contributed by atoms with E-state index in [9.17, 15) is 0 Å². The average molecular weight is 175 g/mol. The Morgan fingerprint density at radius 2 is 2.40 bits per heavy atom. The van der Waals surface area contributed by atoms with Gasteiger partial charge < -0.3 is 0 Å². The summed E-state index contributed by atoms with van der Waals surface area (Å²) in [4.78, 5) is 4.07. The summed E-state index contributed by atoms with van der Waals surface area (Å²) in [6, 6.07) is 0. The molecule has 0 radical (unpaired) electrons. The highest BCUT2D eigenvalue weighted by Crippen LogP contribution is 2.12. The maximum absolute atomic E-state index is 4.12. The van der Waals surface area contributed by atoms with E-state index in [0.29, 0.717) is 5.92 Å². The molecule has 0 amide bonds. The molecule has 0 saturated carbocycles. The van der Waals surface area contributed by atoms with Crippen LogP contribution in [0.1, 0.15) is 25.6 Å². The van der Waals surface area contributed by atoms with Gasteiger partial charge in [0.2, 0.25) is 0 Å². The maximum Gasteiger partial charge on any atom is 0.154 e. The summed E-state index contributed by atoms with van der Waals surface area (Å²) in [6.07, 6.45) is 1.66. The molecule has 10 heavy (non-hydrogen) atoms. The molecule has 1 aromatic heterocycles. The van der Waals surface area contributed by atoms with Gasteiger partial charge in [0.05, 0.1) is 0 Å². The van der Waals surface area contributed by atoms with Gasteiger partial charge in [0.15, 0.2) is 5.82 Å². The molecule has 0 atom stereocenters. The van der Waals surface area contributed by atoms with Crippen molar-refractivity contribution < 1.29 is 0 Å². The second-order valence-corrected chi connectivity index (χ2v) is 3.27. The molecule has 5 heteroatoms. The van der Waals surface area contributed by atoms with Crippen molar-refractivity contribution in [3.8, 4) is 0 Å². The van der Waals surface area contributed by atoms with Gasteiger partial charge in [-0.25, -0.2) is 4.98 Å². The lowest BCUT2D eigenvalue weighted by Gasteiger charge is -1.94. The van der Waals surface area contributed by atoms with Crippen molar-refractivity contribution in [3.63, 3.8) is 0 Å². The highest BCUT2D eigenvalue weighted by atomic mass is 33.1. The number of hydrogen-bond donors (Lipinski definition) is 1. The van der Waals surface area contributed by atoms with Crippen LogP contribution in [-0.2, 0) is 0 Å².